The summed E-state index contributed by atoms with van der Waals surface area (Å²) in [6, 6.07) is 0. The molecule has 0 saturated carbocycles. The van der Waals surface area contributed by atoms with Gasteiger partial charge in [-0.25, -0.2) is 0 Å². The molecular weight excluding hydrogens is 182 g/mol. The van der Waals surface area contributed by atoms with E-state index in [1.165, 1.54) is 7.11 Å². The summed E-state index contributed by atoms with van der Waals surface area (Å²) in [5.74, 6) is 0. The van der Waals surface area contributed by atoms with E-state index in [9.17, 15) is 3.02 Å². The Bertz CT molecular complexity index is 42.2. The van der Waals surface area contributed by atoms with Crippen molar-refractivity contribution in [3.63, 3.8) is 0 Å². The topological polar surface area (TPSA) is 46.5 Å². The second-order valence-corrected chi connectivity index (χ2v) is 2.82. The van der Waals surface area contributed by atoms with E-state index in [-0.39, 0.29) is 0 Å². The minimum atomic E-state index is -3.23. The van der Waals surface area contributed by atoms with E-state index in [4.69, 9.17) is 3.39 Å². The Labute approximate surface area is 38.0 Å². The molecule has 0 aliphatic carbocycles. The second kappa shape index (κ2) is 2.76. The van der Waals surface area contributed by atoms with Gasteiger partial charge < -0.3 is 0 Å². The third-order valence-electron chi connectivity index (χ3n) is 0.156. The van der Waals surface area contributed by atoms with Gasteiger partial charge in [-0.1, -0.05) is 0 Å². The van der Waals surface area contributed by atoms with Gasteiger partial charge in [-0.05, 0) is 0 Å². The first kappa shape index (κ1) is 5.54. The van der Waals surface area contributed by atoms with Gasteiger partial charge in [-0.2, -0.15) is 0 Å². The fourth-order valence-corrected chi connectivity index (χ4v) is 0. The van der Waals surface area contributed by atoms with Crippen LogP contribution in [-0.2, 0) is 6.03 Å². The SMILES string of the molecule is C[O][Sb](=[O])[OH]. The van der Waals surface area contributed by atoms with Crippen molar-refractivity contribution in [2.75, 3.05) is 7.11 Å². The molecule has 5 heavy (non-hydrogen) atoms. The molecule has 0 saturated heterocycles. The molecule has 1 radical (unpaired) electrons. The van der Waals surface area contributed by atoms with Gasteiger partial charge in [0.15, 0.2) is 0 Å². The van der Waals surface area contributed by atoms with Crippen molar-refractivity contribution in [2.24, 2.45) is 0 Å². The van der Waals surface area contributed by atoms with Crippen LogP contribution in [0.15, 0.2) is 0 Å². The van der Waals surface area contributed by atoms with Crippen molar-refractivity contribution < 1.29 is 9.42 Å². The molecule has 0 aromatic rings. The van der Waals surface area contributed by atoms with Gasteiger partial charge in [0.1, 0.15) is 0 Å². The Morgan fingerprint density at radius 1 is 2.00 bits per heavy atom. The summed E-state index contributed by atoms with van der Waals surface area (Å²) >= 11 is -3.23. The van der Waals surface area contributed by atoms with Crippen LogP contribution < -0.4 is 0 Å². The summed E-state index contributed by atoms with van der Waals surface area (Å²) < 4.78 is 21.1. The van der Waals surface area contributed by atoms with Gasteiger partial charge in [0, 0.05) is 0 Å². The molecule has 1 N–H and O–H groups in total. The van der Waals surface area contributed by atoms with E-state index in [0.29, 0.717) is 0 Å². The molecule has 0 amide bonds. The predicted molar refractivity (Wildman–Crippen MR) is 15.7 cm³/mol. The van der Waals surface area contributed by atoms with Crippen LogP contribution in [0.3, 0.4) is 0 Å². The quantitative estimate of drug-likeness (QED) is 0.536. The summed E-state index contributed by atoms with van der Waals surface area (Å²) in [7, 11) is 1.22. The zero-order valence-electron chi connectivity index (χ0n) is 2.71. The number of hydrogen-bond donors (Lipinski definition) is 1. The van der Waals surface area contributed by atoms with Crippen molar-refractivity contribution in [3.8, 4) is 0 Å². The van der Waals surface area contributed by atoms with Crippen LogP contribution in [0, 0.1) is 0 Å². The first-order chi connectivity index (χ1) is 2.27. The Morgan fingerprint density at radius 2 is 2.20 bits per heavy atom. The van der Waals surface area contributed by atoms with Crippen LogP contribution in [0.4, 0.5) is 0 Å². The summed E-state index contributed by atoms with van der Waals surface area (Å²) in [6.07, 6.45) is 0. The van der Waals surface area contributed by atoms with Crippen molar-refractivity contribution in [2.45, 2.75) is 0 Å². The van der Waals surface area contributed by atoms with Crippen molar-refractivity contribution >= 4 is 21.0 Å². The maximum absolute atomic E-state index is 9.41. The Morgan fingerprint density at radius 3 is 2.20 bits per heavy atom. The van der Waals surface area contributed by atoms with Crippen LogP contribution in [0.25, 0.3) is 0 Å². The number of hydrogen-bond acceptors (Lipinski definition) is 2. The van der Waals surface area contributed by atoms with Gasteiger partial charge in [-0.3, -0.25) is 0 Å². The molecule has 0 atom stereocenters. The van der Waals surface area contributed by atoms with E-state index >= 15 is 0 Å². The molecular formula is CH4O3Sb. The molecule has 3 nitrogen and oxygen atoms in total. The van der Waals surface area contributed by atoms with E-state index in [1.54, 1.807) is 0 Å². The van der Waals surface area contributed by atoms with Gasteiger partial charge in [0.2, 0.25) is 0 Å². The summed E-state index contributed by atoms with van der Waals surface area (Å²) in [5.41, 5.74) is 0. The molecule has 31 valence electrons. The molecule has 0 rings (SSSR count). The standard InChI is InChI=1S/CH3O.H2O.O.Sb/c1-2;;;/h1H3;1H2;;/q-1;;;+2/p-1. The molecule has 0 aliphatic rings. The van der Waals surface area contributed by atoms with Crippen molar-refractivity contribution in [1.29, 1.82) is 0 Å². The Balaban J connectivity index is 2.85. The molecule has 0 spiro atoms. The van der Waals surface area contributed by atoms with Crippen LogP contribution >= 0.6 is 0 Å². The van der Waals surface area contributed by atoms with Gasteiger partial charge in [0.05, 0.1) is 0 Å². The molecule has 0 fully saturated rings. The fourth-order valence-electron chi connectivity index (χ4n) is 0. The van der Waals surface area contributed by atoms with Crippen molar-refractivity contribution in [1.82, 2.24) is 0 Å². The number of rotatable bonds is 1. The van der Waals surface area contributed by atoms with E-state index in [0.717, 1.165) is 0 Å². The first-order valence-corrected chi connectivity index (χ1v) is 4.20. The molecule has 0 aromatic carbocycles. The van der Waals surface area contributed by atoms with Crippen LogP contribution in [-0.4, -0.2) is 31.5 Å². The van der Waals surface area contributed by atoms with Gasteiger partial charge >= 0.3 is 37.6 Å². The Kier molecular flexibility index (Phi) is 3.06. The van der Waals surface area contributed by atoms with Gasteiger partial charge in [0.25, 0.3) is 0 Å². The average Bonchev–Trinajstić information content (AvgIpc) is 1.38. The zero-order valence-corrected chi connectivity index (χ0v) is 5.26. The monoisotopic (exact) mass is 185 g/mol. The fraction of sp³-hybridized carbons (Fsp3) is 1.00. The molecule has 4 heteroatoms. The second-order valence-electron chi connectivity index (χ2n) is 0.420. The maximum atomic E-state index is 9.41. The Hall–Kier alpha value is 0.538. The average molecular weight is 186 g/mol. The molecule has 0 bridgehead atoms. The molecule has 0 aromatic heterocycles. The van der Waals surface area contributed by atoms with E-state index in [1.807, 2.05) is 0 Å². The van der Waals surface area contributed by atoms with Gasteiger partial charge in [-0.15, -0.1) is 0 Å². The third kappa shape index (κ3) is 4.54. The predicted octanol–water partition coefficient (Wildman–Crippen LogP) is -0.960. The first-order valence-electron chi connectivity index (χ1n) is 0.973. The normalized spacial score (nSPS) is 7.60. The zero-order chi connectivity index (χ0) is 4.28. The molecule has 0 heterocycles. The minimum absolute atomic E-state index is 1.22. The molecule has 0 aliphatic heterocycles. The summed E-state index contributed by atoms with van der Waals surface area (Å²) in [6.45, 7) is 0. The summed E-state index contributed by atoms with van der Waals surface area (Å²) in [4.78, 5) is 0. The molecule has 0 unspecified atom stereocenters. The van der Waals surface area contributed by atoms with Crippen LogP contribution in [0.5, 0.6) is 0 Å². The summed E-state index contributed by atoms with van der Waals surface area (Å²) in [5, 5.41) is 0. The third-order valence-corrected chi connectivity index (χ3v) is 1.05. The van der Waals surface area contributed by atoms with Crippen LogP contribution in [0.2, 0.25) is 0 Å². The van der Waals surface area contributed by atoms with Crippen LogP contribution in [0.1, 0.15) is 0 Å². The van der Waals surface area contributed by atoms with E-state index < -0.39 is 21.0 Å². The van der Waals surface area contributed by atoms with Crippen molar-refractivity contribution in [3.05, 3.63) is 0 Å². The van der Waals surface area contributed by atoms with E-state index in [2.05, 4.69) is 3.02 Å².